The highest BCUT2D eigenvalue weighted by Gasteiger charge is 2.30. The summed E-state index contributed by atoms with van der Waals surface area (Å²) < 4.78 is 29.8. The third kappa shape index (κ3) is 4.29. The standard InChI is InChI=1S/C28H31N3O4S/c1-18(32)22-15-20-11-7-8-12-23(20)27-26(19-9-5-4-6-10-19)24-14-13-21(16-25(24)31(27)17-22)28(33)29-36(34,35)30(2)3/h7-8,11-16,19H,4-6,9-10,17H2,1-3H3,(H,29,33). The SMILES string of the molecule is CC(=O)C1=Cc2ccccc2-c2c(C3CCCCC3)c3ccc(C(=O)NS(=O)(=O)N(C)C)cc3n2C1. The molecule has 0 saturated heterocycles. The predicted octanol–water partition coefficient (Wildman–Crippen LogP) is 4.88. The number of carbonyl (C=O) groups excluding carboxylic acids is 2. The van der Waals surface area contributed by atoms with E-state index < -0.39 is 16.1 Å². The second kappa shape index (κ2) is 9.33. The fourth-order valence-electron chi connectivity index (χ4n) is 5.50. The van der Waals surface area contributed by atoms with E-state index >= 15 is 0 Å². The summed E-state index contributed by atoms with van der Waals surface area (Å²) in [5, 5.41) is 1.06. The van der Waals surface area contributed by atoms with E-state index in [1.54, 1.807) is 19.1 Å². The summed E-state index contributed by atoms with van der Waals surface area (Å²) in [6.45, 7) is 1.97. The van der Waals surface area contributed by atoms with Crippen LogP contribution in [0.15, 0.2) is 48.0 Å². The van der Waals surface area contributed by atoms with Crippen LogP contribution in [0.5, 0.6) is 0 Å². The first-order chi connectivity index (χ1) is 17.2. The smallest absolute Gasteiger partial charge is 0.303 e. The van der Waals surface area contributed by atoms with Crippen molar-refractivity contribution in [1.29, 1.82) is 0 Å². The average Bonchev–Trinajstić information content (AvgIpc) is 3.06. The Kier molecular flexibility index (Phi) is 6.34. The molecule has 7 nitrogen and oxygen atoms in total. The number of aromatic nitrogens is 1. The number of nitrogens with one attached hydrogen (secondary N) is 1. The molecule has 1 N–H and O–H groups in total. The van der Waals surface area contributed by atoms with Crippen molar-refractivity contribution >= 4 is 38.9 Å². The first-order valence-electron chi connectivity index (χ1n) is 12.4. The molecule has 0 radical (unpaired) electrons. The van der Waals surface area contributed by atoms with E-state index in [0.29, 0.717) is 18.0 Å². The van der Waals surface area contributed by atoms with Crippen LogP contribution in [0.2, 0.25) is 0 Å². The van der Waals surface area contributed by atoms with Crippen LogP contribution < -0.4 is 4.72 Å². The molecule has 1 saturated carbocycles. The molecule has 8 heteroatoms. The maximum atomic E-state index is 12.9. The molecule has 0 atom stereocenters. The van der Waals surface area contributed by atoms with Gasteiger partial charge in [0.05, 0.1) is 12.2 Å². The number of nitrogens with zero attached hydrogens (tertiary/aromatic N) is 2. The summed E-state index contributed by atoms with van der Waals surface area (Å²) in [6, 6.07) is 13.5. The Hall–Kier alpha value is -3.23. The molecule has 1 aliphatic heterocycles. The lowest BCUT2D eigenvalue weighted by molar-refractivity contribution is -0.113. The van der Waals surface area contributed by atoms with Gasteiger partial charge in [0, 0.05) is 41.7 Å². The van der Waals surface area contributed by atoms with E-state index in [-0.39, 0.29) is 11.3 Å². The van der Waals surface area contributed by atoms with Crippen molar-refractivity contribution in [2.75, 3.05) is 14.1 Å². The quantitative estimate of drug-likeness (QED) is 0.535. The van der Waals surface area contributed by atoms with Gasteiger partial charge in [-0.3, -0.25) is 9.59 Å². The maximum Gasteiger partial charge on any atom is 0.303 e. The van der Waals surface area contributed by atoms with Crippen LogP contribution in [0.25, 0.3) is 28.2 Å². The number of ketones is 1. The molecule has 36 heavy (non-hydrogen) atoms. The minimum atomic E-state index is -3.92. The summed E-state index contributed by atoms with van der Waals surface area (Å²) in [7, 11) is -1.18. The Morgan fingerprint density at radius 2 is 1.75 bits per heavy atom. The lowest BCUT2D eigenvalue weighted by Crippen LogP contribution is -2.39. The van der Waals surface area contributed by atoms with Gasteiger partial charge in [-0.1, -0.05) is 49.6 Å². The van der Waals surface area contributed by atoms with Crippen LogP contribution in [0.1, 0.15) is 66.4 Å². The fraction of sp³-hybridized carbons (Fsp3) is 0.357. The van der Waals surface area contributed by atoms with E-state index in [9.17, 15) is 18.0 Å². The van der Waals surface area contributed by atoms with E-state index in [1.807, 2.05) is 30.3 Å². The van der Waals surface area contributed by atoms with Gasteiger partial charge in [-0.15, -0.1) is 0 Å². The number of rotatable bonds is 5. The zero-order chi connectivity index (χ0) is 25.6. The number of allylic oxidation sites excluding steroid dienone is 1. The third-order valence-corrected chi connectivity index (χ3v) is 8.81. The molecule has 1 aromatic heterocycles. The van der Waals surface area contributed by atoms with Crippen LogP contribution in [0.3, 0.4) is 0 Å². The highest BCUT2D eigenvalue weighted by molar-refractivity contribution is 7.87. The summed E-state index contributed by atoms with van der Waals surface area (Å²) in [6.07, 6.45) is 7.77. The molecule has 1 fully saturated rings. The van der Waals surface area contributed by atoms with Crippen LogP contribution in [-0.4, -0.2) is 43.1 Å². The van der Waals surface area contributed by atoms with Gasteiger partial charge in [-0.25, -0.2) is 4.72 Å². The molecular formula is C28H31N3O4S. The summed E-state index contributed by atoms with van der Waals surface area (Å²) in [4.78, 5) is 25.5. The summed E-state index contributed by atoms with van der Waals surface area (Å²) >= 11 is 0. The van der Waals surface area contributed by atoms with Crippen LogP contribution in [-0.2, 0) is 21.5 Å². The van der Waals surface area contributed by atoms with Gasteiger partial charge in [0.25, 0.3) is 5.91 Å². The summed E-state index contributed by atoms with van der Waals surface area (Å²) in [5.41, 5.74) is 6.24. The first-order valence-corrected chi connectivity index (χ1v) is 13.8. The zero-order valence-electron chi connectivity index (χ0n) is 20.9. The Morgan fingerprint density at radius 3 is 2.44 bits per heavy atom. The number of Topliss-reactive ketones (excluding diaryl/α,β-unsaturated/α-hetero) is 1. The van der Waals surface area contributed by atoms with E-state index in [2.05, 4.69) is 15.4 Å². The van der Waals surface area contributed by atoms with E-state index in [1.165, 1.54) is 38.9 Å². The normalized spacial score (nSPS) is 16.3. The maximum absolute atomic E-state index is 12.9. The van der Waals surface area contributed by atoms with Gasteiger partial charge in [0.15, 0.2) is 5.78 Å². The zero-order valence-corrected chi connectivity index (χ0v) is 21.7. The van der Waals surface area contributed by atoms with Gasteiger partial charge >= 0.3 is 10.2 Å². The van der Waals surface area contributed by atoms with Crippen molar-refractivity contribution in [3.63, 3.8) is 0 Å². The van der Waals surface area contributed by atoms with E-state index in [0.717, 1.165) is 44.9 Å². The molecule has 1 amide bonds. The molecule has 2 heterocycles. The molecule has 2 aliphatic rings. The van der Waals surface area contributed by atoms with Gasteiger partial charge in [-0.2, -0.15) is 12.7 Å². The van der Waals surface area contributed by atoms with Gasteiger partial charge in [0.1, 0.15) is 0 Å². The van der Waals surface area contributed by atoms with Crippen LogP contribution >= 0.6 is 0 Å². The van der Waals surface area contributed by atoms with Crippen molar-refractivity contribution in [2.24, 2.45) is 0 Å². The lowest BCUT2D eigenvalue weighted by atomic mass is 9.81. The molecule has 188 valence electrons. The molecule has 3 aromatic rings. The number of carbonyl (C=O) groups is 2. The van der Waals surface area contributed by atoms with Crippen LogP contribution in [0.4, 0.5) is 0 Å². The minimum Gasteiger partial charge on any atom is -0.336 e. The number of hydrogen-bond donors (Lipinski definition) is 1. The number of amides is 1. The first kappa shape index (κ1) is 24.5. The van der Waals surface area contributed by atoms with Gasteiger partial charge in [0.2, 0.25) is 0 Å². The number of hydrogen-bond acceptors (Lipinski definition) is 4. The lowest BCUT2D eigenvalue weighted by Gasteiger charge is -2.24. The Labute approximate surface area is 212 Å². The fourth-order valence-corrected chi connectivity index (χ4v) is 6.03. The van der Waals surface area contributed by atoms with Crippen LogP contribution in [0, 0.1) is 0 Å². The molecular weight excluding hydrogens is 474 g/mol. The van der Waals surface area contributed by atoms with Crippen molar-refractivity contribution < 1.29 is 18.0 Å². The highest BCUT2D eigenvalue weighted by atomic mass is 32.2. The van der Waals surface area contributed by atoms with Crippen molar-refractivity contribution in [3.05, 3.63) is 64.7 Å². The minimum absolute atomic E-state index is 0.00435. The molecule has 2 aromatic carbocycles. The van der Waals surface area contributed by atoms with Crippen molar-refractivity contribution in [2.45, 2.75) is 51.5 Å². The Morgan fingerprint density at radius 1 is 1.03 bits per heavy atom. The predicted molar refractivity (Wildman–Crippen MR) is 142 cm³/mol. The second-order valence-electron chi connectivity index (χ2n) is 9.95. The number of fused-ring (bicyclic) bond motifs is 5. The Bertz CT molecular complexity index is 1510. The molecule has 0 spiro atoms. The topological polar surface area (TPSA) is 88.5 Å². The molecule has 1 aliphatic carbocycles. The molecule has 0 unspecified atom stereocenters. The molecule has 0 bridgehead atoms. The summed E-state index contributed by atoms with van der Waals surface area (Å²) in [5.74, 6) is -0.292. The number of benzene rings is 2. The van der Waals surface area contributed by atoms with E-state index in [4.69, 9.17) is 0 Å². The average molecular weight is 506 g/mol. The highest BCUT2D eigenvalue weighted by Crippen LogP contribution is 2.46. The van der Waals surface area contributed by atoms with Crippen molar-refractivity contribution in [3.8, 4) is 11.3 Å². The third-order valence-electron chi connectivity index (χ3n) is 7.41. The molecule has 5 rings (SSSR count). The second-order valence-corrected chi connectivity index (χ2v) is 11.8. The van der Waals surface area contributed by atoms with Gasteiger partial charge < -0.3 is 4.57 Å². The Balaban J connectivity index is 1.75. The van der Waals surface area contributed by atoms with Crippen molar-refractivity contribution in [1.82, 2.24) is 13.6 Å². The van der Waals surface area contributed by atoms with Gasteiger partial charge in [-0.05, 0) is 55.0 Å². The monoisotopic (exact) mass is 505 g/mol. The largest absolute Gasteiger partial charge is 0.336 e.